The molecule has 0 aliphatic heterocycles. The van der Waals surface area contributed by atoms with Gasteiger partial charge in [-0.25, -0.2) is 0 Å². The smallest absolute Gasteiger partial charge is 0.145 e. The van der Waals surface area contributed by atoms with Crippen LogP contribution in [-0.4, -0.2) is 14.2 Å². The van der Waals surface area contributed by atoms with Crippen molar-refractivity contribution in [3.63, 3.8) is 0 Å². The lowest BCUT2D eigenvalue weighted by atomic mass is 9.98. The lowest BCUT2D eigenvalue weighted by Crippen LogP contribution is -2.01. The van der Waals surface area contributed by atoms with E-state index in [1.54, 1.807) is 14.2 Å². The van der Waals surface area contributed by atoms with E-state index >= 15 is 0 Å². The maximum absolute atomic E-state index is 6.35. The first kappa shape index (κ1) is 16.2. The molecule has 2 aromatic rings. The van der Waals surface area contributed by atoms with Gasteiger partial charge >= 0.3 is 0 Å². The van der Waals surface area contributed by atoms with Crippen LogP contribution in [0.25, 0.3) is 0 Å². The Morgan fingerprint density at radius 3 is 2.33 bits per heavy atom. The number of methoxy groups -OCH3 is 2. The van der Waals surface area contributed by atoms with Crippen molar-refractivity contribution in [2.75, 3.05) is 14.2 Å². The minimum absolute atomic E-state index is 0.00996. The quantitative estimate of drug-likeness (QED) is 0.666. The highest BCUT2D eigenvalue weighted by molar-refractivity contribution is 9.09. The molecule has 4 heteroatoms. The van der Waals surface area contributed by atoms with E-state index in [1.165, 1.54) is 16.7 Å². The molecular weight excluding hydrogens is 352 g/mol. The summed E-state index contributed by atoms with van der Waals surface area (Å²) in [5, 5.41) is 0.493. The number of alkyl halides is 1. The van der Waals surface area contributed by atoms with Crippen LogP contribution in [-0.2, 0) is 0 Å². The van der Waals surface area contributed by atoms with Crippen LogP contribution in [0.1, 0.15) is 27.1 Å². The van der Waals surface area contributed by atoms with Crippen LogP contribution < -0.4 is 9.47 Å². The zero-order chi connectivity index (χ0) is 15.6. The molecule has 1 atom stereocenters. The third kappa shape index (κ3) is 3.19. The fourth-order valence-electron chi connectivity index (χ4n) is 2.32. The minimum Gasteiger partial charge on any atom is -0.495 e. The van der Waals surface area contributed by atoms with Crippen LogP contribution in [0.5, 0.6) is 11.5 Å². The standard InChI is InChI=1S/C17H18BrClO2/c1-10-5-6-11(2)13(9-10)15(18)12-7-8-14(20-3)16(19)17(12)21-4/h5-9,15H,1-4H3. The molecule has 0 N–H and O–H groups in total. The molecule has 0 aliphatic rings. The van der Waals surface area contributed by atoms with Gasteiger partial charge in [0.2, 0.25) is 0 Å². The Morgan fingerprint density at radius 1 is 1.00 bits per heavy atom. The van der Waals surface area contributed by atoms with Gasteiger partial charge in [-0.1, -0.05) is 57.4 Å². The predicted molar refractivity (Wildman–Crippen MR) is 91.2 cm³/mol. The number of hydrogen-bond acceptors (Lipinski definition) is 2. The predicted octanol–water partition coefficient (Wildman–Crippen LogP) is 5.46. The number of halogens is 2. The van der Waals surface area contributed by atoms with Gasteiger partial charge in [0, 0.05) is 5.56 Å². The van der Waals surface area contributed by atoms with E-state index in [0.29, 0.717) is 16.5 Å². The largest absolute Gasteiger partial charge is 0.495 e. The summed E-state index contributed by atoms with van der Waals surface area (Å²) in [5.41, 5.74) is 4.63. The molecule has 0 radical (unpaired) electrons. The van der Waals surface area contributed by atoms with Crippen LogP contribution in [0.3, 0.4) is 0 Å². The fourth-order valence-corrected chi connectivity index (χ4v) is 3.50. The van der Waals surface area contributed by atoms with Crippen LogP contribution >= 0.6 is 27.5 Å². The van der Waals surface area contributed by atoms with E-state index in [4.69, 9.17) is 21.1 Å². The van der Waals surface area contributed by atoms with Gasteiger partial charge in [-0.05, 0) is 31.0 Å². The summed E-state index contributed by atoms with van der Waals surface area (Å²) in [6.07, 6.45) is 0. The molecule has 112 valence electrons. The molecule has 2 aromatic carbocycles. The zero-order valence-electron chi connectivity index (χ0n) is 12.5. The molecule has 0 heterocycles. The molecule has 21 heavy (non-hydrogen) atoms. The summed E-state index contributed by atoms with van der Waals surface area (Å²) in [5.74, 6) is 1.25. The summed E-state index contributed by atoms with van der Waals surface area (Å²) in [6.45, 7) is 4.18. The van der Waals surface area contributed by atoms with Crippen molar-refractivity contribution in [2.24, 2.45) is 0 Å². The van der Waals surface area contributed by atoms with Crippen molar-refractivity contribution in [3.05, 3.63) is 57.6 Å². The van der Waals surface area contributed by atoms with Crippen molar-refractivity contribution < 1.29 is 9.47 Å². The second-order valence-corrected chi connectivity index (χ2v) is 6.22. The number of rotatable bonds is 4. The van der Waals surface area contributed by atoms with Crippen LogP contribution in [0, 0.1) is 13.8 Å². The number of ether oxygens (including phenoxy) is 2. The number of benzene rings is 2. The van der Waals surface area contributed by atoms with Gasteiger partial charge in [-0.3, -0.25) is 0 Å². The van der Waals surface area contributed by atoms with Gasteiger partial charge in [-0.15, -0.1) is 0 Å². The number of aryl methyl sites for hydroxylation is 2. The highest BCUT2D eigenvalue weighted by Crippen LogP contribution is 2.44. The third-order valence-corrected chi connectivity index (χ3v) is 4.84. The van der Waals surface area contributed by atoms with Gasteiger partial charge in [-0.2, -0.15) is 0 Å². The van der Waals surface area contributed by atoms with Gasteiger partial charge in [0.1, 0.15) is 16.5 Å². The molecule has 0 bridgehead atoms. The summed E-state index contributed by atoms with van der Waals surface area (Å²) >= 11 is 10.1. The molecule has 0 saturated carbocycles. The molecule has 2 rings (SSSR count). The molecule has 2 nitrogen and oxygen atoms in total. The van der Waals surface area contributed by atoms with Gasteiger partial charge in [0.15, 0.2) is 0 Å². The second-order valence-electron chi connectivity index (χ2n) is 4.93. The Kier molecular flexibility index (Phi) is 5.17. The monoisotopic (exact) mass is 368 g/mol. The maximum atomic E-state index is 6.35. The topological polar surface area (TPSA) is 18.5 Å². The van der Waals surface area contributed by atoms with E-state index in [9.17, 15) is 0 Å². The van der Waals surface area contributed by atoms with Crippen molar-refractivity contribution >= 4 is 27.5 Å². The van der Waals surface area contributed by atoms with Crippen LogP contribution in [0.4, 0.5) is 0 Å². The first-order valence-corrected chi connectivity index (χ1v) is 7.90. The average Bonchev–Trinajstić information content (AvgIpc) is 2.48. The van der Waals surface area contributed by atoms with E-state index in [-0.39, 0.29) is 4.83 Å². The maximum Gasteiger partial charge on any atom is 0.145 e. The molecule has 1 unspecified atom stereocenters. The van der Waals surface area contributed by atoms with Gasteiger partial charge in [0.05, 0.1) is 19.0 Å². The molecule has 0 aromatic heterocycles. The molecule has 0 saturated heterocycles. The number of hydrogen-bond donors (Lipinski definition) is 0. The van der Waals surface area contributed by atoms with Crippen molar-refractivity contribution in [1.82, 2.24) is 0 Å². The zero-order valence-corrected chi connectivity index (χ0v) is 14.9. The molecule has 0 spiro atoms. The summed E-state index contributed by atoms with van der Waals surface area (Å²) in [6, 6.07) is 10.2. The van der Waals surface area contributed by atoms with Gasteiger partial charge in [0.25, 0.3) is 0 Å². The molecule has 0 aliphatic carbocycles. The summed E-state index contributed by atoms with van der Waals surface area (Å²) in [4.78, 5) is 0.00996. The van der Waals surface area contributed by atoms with Gasteiger partial charge < -0.3 is 9.47 Å². The Bertz CT molecular complexity index is 655. The summed E-state index contributed by atoms with van der Waals surface area (Å²) < 4.78 is 10.7. The average molecular weight is 370 g/mol. The Hall–Kier alpha value is -1.19. The van der Waals surface area contributed by atoms with Crippen molar-refractivity contribution in [2.45, 2.75) is 18.7 Å². The van der Waals surface area contributed by atoms with E-state index in [1.807, 2.05) is 12.1 Å². The lowest BCUT2D eigenvalue weighted by Gasteiger charge is -2.19. The highest BCUT2D eigenvalue weighted by atomic mass is 79.9. The lowest BCUT2D eigenvalue weighted by molar-refractivity contribution is 0.392. The normalized spacial score (nSPS) is 12.1. The molecular formula is C17H18BrClO2. The highest BCUT2D eigenvalue weighted by Gasteiger charge is 2.21. The third-order valence-electron chi connectivity index (χ3n) is 3.50. The van der Waals surface area contributed by atoms with Crippen molar-refractivity contribution in [1.29, 1.82) is 0 Å². The fraction of sp³-hybridized carbons (Fsp3) is 0.294. The Labute approximate surface area is 139 Å². The summed E-state index contributed by atoms with van der Waals surface area (Å²) in [7, 11) is 3.21. The van der Waals surface area contributed by atoms with Crippen LogP contribution in [0.2, 0.25) is 5.02 Å². The van der Waals surface area contributed by atoms with Crippen LogP contribution in [0.15, 0.2) is 30.3 Å². The minimum atomic E-state index is 0.00996. The van der Waals surface area contributed by atoms with E-state index in [0.717, 1.165) is 5.56 Å². The first-order chi connectivity index (χ1) is 9.99. The SMILES string of the molecule is COc1ccc(C(Br)c2cc(C)ccc2C)c(OC)c1Cl. The molecule has 0 amide bonds. The first-order valence-electron chi connectivity index (χ1n) is 6.61. The second kappa shape index (κ2) is 6.71. The molecule has 0 fully saturated rings. The van der Waals surface area contributed by atoms with E-state index < -0.39 is 0 Å². The Balaban J connectivity index is 2.55. The van der Waals surface area contributed by atoms with E-state index in [2.05, 4.69) is 48.0 Å². The Morgan fingerprint density at radius 2 is 1.71 bits per heavy atom. The van der Waals surface area contributed by atoms with Crippen molar-refractivity contribution in [3.8, 4) is 11.5 Å².